The maximum atomic E-state index is 5.96. The van der Waals surface area contributed by atoms with Crippen LogP contribution >= 0.6 is 0 Å². The van der Waals surface area contributed by atoms with E-state index in [2.05, 4.69) is 16.5 Å². The van der Waals surface area contributed by atoms with Gasteiger partial charge in [-0.05, 0) is 25.2 Å². The highest BCUT2D eigenvalue weighted by molar-refractivity contribution is 5.02. The molecule has 1 aliphatic rings. The summed E-state index contributed by atoms with van der Waals surface area (Å²) in [6.45, 7) is 2.96. The fraction of sp³-hybridized carbons (Fsp3) is 0.769. The Bertz CT molecular complexity index is 313. The Balaban J connectivity index is 2.15. The number of rotatable bonds is 5. The van der Waals surface area contributed by atoms with E-state index in [9.17, 15) is 0 Å². The Morgan fingerprint density at radius 2 is 2.25 bits per heavy atom. The summed E-state index contributed by atoms with van der Waals surface area (Å²) >= 11 is 0. The third kappa shape index (κ3) is 2.29. The third-order valence-corrected chi connectivity index (χ3v) is 3.80. The van der Waals surface area contributed by atoms with E-state index in [1.807, 2.05) is 12.5 Å². The standard InChI is InChI=1S/C13H23N3/c1-2-5-12-9-15-10-16(12)13(8-14)11-6-3-4-7-11/h9-11,13H,2-8,14H2,1H3. The van der Waals surface area contributed by atoms with Gasteiger partial charge in [-0.3, -0.25) is 0 Å². The normalized spacial score (nSPS) is 19.1. The zero-order valence-electron chi connectivity index (χ0n) is 10.2. The summed E-state index contributed by atoms with van der Waals surface area (Å²) in [4.78, 5) is 4.29. The molecular formula is C13H23N3. The molecule has 16 heavy (non-hydrogen) atoms. The van der Waals surface area contributed by atoms with Crippen molar-refractivity contribution in [3.63, 3.8) is 0 Å². The van der Waals surface area contributed by atoms with Crippen LogP contribution in [0.1, 0.15) is 50.8 Å². The van der Waals surface area contributed by atoms with E-state index < -0.39 is 0 Å². The van der Waals surface area contributed by atoms with Gasteiger partial charge in [-0.2, -0.15) is 0 Å². The second-order valence-electron chi connectivity index (χ2n) is 4.89. The lowest BCUT2D eigenvalue weighted by Crippen LogP contribution is -2.26. The van der Waals surface area contributed by atoms with Gasteiger partial charge in [-0.25, -0.2) is 4.98 Å². The van der Waals surface area contributed by atoms with E-state index in [1.165, 1.54) is 37.8 Å². The minimum atomic E-state index is 0.478. The molecule has 1 aliphatic carbocycles. The zero-order chi connectivity index (χ0) is 11.4. The van der Waals surface area contributed by atoms with E-state index in [1.54, 1.807) is 0 Å². The number of hydrogen-bond acceptors (Lipinski definition) is 2. The molecule has 1 heterocycles. The van der Waals surface area contributed by atoms with Gasteiger partial charge in [0.1, 0.15) is 0 Å². The summed E-state index contributed by atoms with van der Waals surface area (Å²) in [6.07, 6.45) is 11.7. The Hall–Kier alpha value is -0.830. The second-order valence-corrected chi connectivity index (χ2v) is 4.89. The molecule has 2 rings (SSSR count). The van der Waals surface area contributed by atoms with Gasteiger partial charge in [0.05, 0.1) is 6.33 Å². The Kier molecular flexibility index (Phi) is 3.99. The fourth-order valence-electron chi connectivity index (χ4n) is 2.96. The predicted octanol–water partition coefficient (Wildman–Crippen LogP) is 2.53. The summed E-state index contributed by atoms with van der Waals surface area (Å²) < 4.78 is 2.33. The molecule has 90 valence electrons. The Morgan fingerprint density at radius 1 is 1.50 bits per heavy atom. The molecule has 1 atom stereocenters. The molecule has 0 saturated heterocycles. The van der Waals surface area contributed by atoms with Crippen molar-refractivity contribution in [3.8, 4) is 0 Å². The molecule has 3 nitrogen and oxygen atoms in total. The van der Waals surface area contributed by atoms with Gasteiger partial charge < -0.3 is 10.3 Å². The summed E-state index contributed by atoms with van der Waals surface area (Å²) in [5, 5.41) is 0. The molecule has 0 aromatic carbocycles. The van der Waals surface area contributed by atoms with Crippen molar-refractivity contribution in [2.45, 2.75) is 51.5 Å². The predicted molar refractivity (Wildman–Crippen MR) is 66.3 cm³/mol. The van der Waals surface area contributed by atoms with Crippen molar-refractivity contribution in [2.24, 2.45) is 11.7 Å². The van der Waals surface area contributed by atoms with Crippen molar-refractivity contribution >= 4 is 0 Å². The van der Waals surface area contributed by atoms with Crippen LogP contribution < -0.4 is 5.73 Å². The van der Waals surface area contributed by atoms with Crippen LogP contribution in [-0.4, -0.2) is 16.1 Å². The van der Waals surface area contributed by atoms with Gasteiger partial charge in [0.15, 0.2) is 0 Å². The van der Waals surface area contributed by atoms with Crippen LogP contribution in [0.4, 0.5) is 0 Å². The largest absolute Gasteiger partial charge is 0.330 e. The van der Waals surface area contributed by atoms with Crippen molar-refractivity contribution < 1.29 is 0 Å². The first-order chi connectivity index (χ1) is 7.86. The zero-order valence-corrected chi connectivity index (χ0v) is 10.2. The first kappa shape index (κ1) is 11.6. The molecular weight excluding hydrogens is 198 g/mol. The van der Waals surface area contributed by atoms with Crippen molar-refractivity contribution in [1.82, 2.24) is 9.55 Å². The lowest BCUT2D eigenvalue weighted by molar-refractivity contribution is 0.335. The number of nitrogens with zero attached hydrogens (tertiary/aromatic N) is 2. The van der Waals surface area contributed by atoms with Gasteiger partial charge >= 0.3 is 0 Å². The highest BCUT2D eigenvalue weighted by atomic mass is 15.1. The number of hydrogen-bond donors (Lipinski definition) is 1. The van der Waals surface area contributed by atoms with Gasteiger partial charge in [0, 0.05) is 24.5 Å². The first-order valence-corrected chi connectivity index (χ1v) is 6.57. The minimum Gasteiger partial charge on any atom is -0.330 e. The Morgan fingerprint density at radius 3 is 2.88 bits per heavy atom. The molecule has 3 heteroatoms. The van der Waals surface area contributed by atoms with E-state index in [4.69, 9.17) is 5.73 Å². The van der Waals surface area contributed by atoms with E-state index >= 15 is 0 Å². The van der Waals surface area contributed by atoms with Crippen LogP contribution in [0.5, 0.6) is 0 Å². The summed E-state index contributed by atoms with van der Waals surface area (Å²) in [6, 6.07) is 0.478. The number of aromatic nitrogens is 2. The number of imidazole rings is 1. The first-order valence-electron chi connectivity index (χ1n) is 6.57. The molecule has 0 spiro atoms. The molecule has 1 aromatic heterocycles. The van der Waals surface area contributed by atoms with Crippen LogP contribution in [0.2, 0.25) is 0 Å². The fourth-order valence-corrected chi connectivity index (χ4v) is 2.96. The molecule has 0 aliphatic heterocycles. The summed E-state index contributed by atoms with van der Waals surface area (Å²) in [5.74, 6) is 0.773. The summed E-state index contributed by atoms with van der Waals surface area (Å²) in [7, 11) is 0. The molecule has 0 bridgehead atoms. The minimum absolute atomic E-state index is 0.478. The maximum Gasteiger partial charge on any atom is 0.0951 e. The monoisotopic (exact) mass is 221 g/mol. The smallest absolute Gasteiger partial charge is 0.0951 e. The van der Waals surface area contributed by atoms with Gasteiger partial charge in [-0.1, -0.05) is 26.2 Å². The van der Waals surface area contributed by atoms with E-state index in [0.717, 1.165) is 18.9 Å². The van der Waals surface area contributed by atoms with Crippen LogP contribution in [0.15, 0.2) is 12.5 Å². The van der Waals surface area contributed by atoms with Crippen LogP contribution in [-0.2, 0) is 6.42 Å². The molecule has 1 saturated carbocycles. The second kappa shape index (κ2) is 5.48. The van der Waals surface area contributed by atoms with Crippen molar-refractivity contribution in [3.05, 3.63) is 18.2 Å². The van der Waals surface area contributed by atoms with Gasteiger partial charge in [0.2, 0.25) is 0 Å². The third-order valence-electron chi connectivity index (χ3n) is 3.80. The average Bonchev–Trinajstić information content (AvgIpc) is 2.92. The quantitative estimate of drug-likeness (QED) is 0.830. The molecule has 0 amide bonds. The average molecular weight is 221 g/mol. The molecule has 1 unspecified atom stereocenters. The van der Waals surface area contributed by atoms with Crippen molar-refractivity contribution in [1.29, 1.82) is 0 Å². The topological polar surface area (TPSA) is 43.8 Å². The van der Waals surface area contributed by atoms with Crippen LogP contribution in [0.25, 0.3) is 0 Å². The number of nitrogens with two attached hydrogens (primary N) is 1. The Labute approximate surface area is 98.1 Å². The van der Waals surface area contributed by atoms with E-state index in [-0.39, 0.29) is 0 Å². The van der Waals surface area contributed by atoms with Crippen LogP contribution in [0.3, 0.4) is 0 Å². The van der Waals surface area contributed by atoms with Crippen LogP contribution in [0, 0.1) is 5.92 Å². The van der Waals surface area contributed by atoms with Gasteiger partial charge in [-0.15, -0.1) is 0 Å². The van der Waals surface area contributed by atoms with Crippen molar-refractivity contribution in [2.75, 3.05) is 6.54 Å². The lowest BCUT2D eigenvalue weighted by atomic mass is 9.97. The molecule has 1 aromatic rings. The van der Waals surface area contributed by atoms with E-state index in [0.29, 0.717) is 6.04 Å². The SMILES string of the molecule is CCCc1cncn1C(CN)C1CCCC1. The van der Waals surface area contributed by atoms with Gasteiger partial charge in [0.25, 0.3) is 0 Å². The molecule has 0 radical (unpaired) electrons. The summed E-state index contributed by atoms with van der Waals surface area (Å²) in [5.41, 5.74) is 7.31. The lowest BCUT2D eigenvalue weighted by Gasteiger charge is -2.25. The number of aryl methyl sites for hydroxylation is 1. The molecule has 2 N–H and O–H groups in total. The maximum absolute atomic E-state index is 5.96. The molecule has 1 fully saturated rings. The highest BCUT2D eigenvalue weighted by Crippen LogP contribution is 2.34. The highest BCUT2D eigenvalue weighted by Gasteiger charge is 2.26.